The molecule has 0 amide bonds. The summed E-state index contributed by atoms with van der Waals surface area (Å²) < 4.78 is 5.29. The van der Waals surface area contributed by atoms with Crippen molar-refractivity contribution in [2.45, 2.75) is 6.92 Å². The minimum atomic E-state index is -0.339. The van der Waals surface area contributed by atoms with Gasteiger partial charge in [0.25, 0.3) is 0 Å². The number of carbonyl (C=O) groups excluding carboxylic acids is 1. The Kier molecular flexibility index (Phi) is 4.94. The normalized spacial score (nSPS) is 10.8. The number of carbonyl (C=O) groups is 1. The van der Waals surface area contributed by atoms with E-state index in [0.29, 0.717) is 23.5 Å². The number of Topliss-reactive ketones (excluding diaryl/α,β-unsaturated/α-hetero) is 1. The number of phenolic OH excluding ortho intramolecular Hbond substituents is 1. The predicted molar refractivity (Wildman–Crippen MR) is 83.6 cm³/mol. The van der Waals surface area contributed by atoms with Crippen LogP contribution in [0.5, 0.6) is 11.5 Å². The Labute approximate surface area is 128 Å². The van der Waals surface area contributed by atoms with E-state index in [2.05, 4.69) is 0 Å². The molecule has 4 nitrogen and oxygen atoms in total. The van der Waals surface area contributed by atoms with Crippen LogP contribution in [0.2, 0.25) is 0 Å². The molecule has 4 heteroatoms. The molecule has 0 fully saturated rings. The summed E-state index contributed by atoms with van der Waals surface area (Å²) in [5.41, 5.74) is 1.10. The molecule has 2 aromatic carbocycles. The summed E-state index contributed by atoms with van der Waals surface area (Å²) >= 11 is 0. The van der Waals surface area contributed by atoms with Crippen LogP contribution in [0.4, 0.5) is 0 Å². The lowest BCUT2D eigenvalue weighted by Crippen LogP contribution is -2.01. The van der Waals surface area contributed by atoms with Gasteiger partial charge in [-0.15, -0.1) is 0 Å². The van der Waals surface area contributed by atoms with Gasteiger partial charge < -0.3 is 9.84 Å². The zero-order chi connectivity index (χ0) is 15.9. The first-order valence-corrected chi connectivity index (χ1v) is 6.83. The van der Waals surface area contributed by atoms with E-state index in [1.807, 2.05) is 13.0 Å². The molecule has 0 aliphatic carbocycles. The number of allylic oxidation sites excluding steroid dienone is 1. The monoisotopic (exact) mass is 293 g/mol. The second kappa shape index (κ2) is 7.09. The van der Waals surface area contributed by atoms with Crippen molar-refractivity contribution < 1.29 is 14.6 Å². The Bertz CT molecular complexity index is 743. The van der Waals surface area contributed by atoms with Gasteiger partial charge in [0.05, 0.1) is 6.61 Å². The molecule has 0 aliphatic rings. The van der Waals surface area contributed by atoms with Gasteiger partial charge in [-0.25, -0.2) is 0 Å². The average molecular weight is 293 g/mol. The van der Waals surface area contributed by atoms with Gasteiger partial charge in [-0.1, -0.05) is 36.4 Å². The maximum Gasteiger partial charge on any atom is 0.203 e. The third-order valence-corrected chi connectivity index (χ3v) is 3.00. The SMILES string of the molecule is CCOc1cc(/C=C(\C#N)C(=O)c2ccccc2)ccc1O. The summed E-state index contributed by atoms with van der Waals surface area (Å²) in [6, 6.07) is 15.2. The molecule has 0 aromatic heterocycles. The molecule has 0 spiro atoms. The zero-order valence-electron chi connectivity index (χ0n) is 12.1. The number of aromatic hydroxyl groups is 1. The Hall–Kier alpha value is -3.06. The van der Waals surface area contributed by atoms with Crippen molar-refractivity contribution >= 4 is 11.9 Å². The molecule has 0 heterocycles. The van der Waals surface area contributed by atoms with Crippen molar-refractivity contribution in [2.75, 3.05) is 6.61 Å². The summed E-state index contributed by atoms with van der Waals surface area (Å²) in [6.45, 7) is 2.22. The van der Waals surface area contributed by atoms with Gasteiger partial charge in [-0.05, 0) is 30.7 Å². The van der Waals surface area contributed by atoms with Gasteiger partial charge in [0, 0.05) is 5.56 Å². The topological polar surface area (TPSA) is 70.3 Å². The van der Waals surface area contributed by atoms with E-state index in [1.54, 1.807) is 42.5 Å². The van der Waals surface area contributed by atoms with Gasteiger partial charge >= 0.3 is 0 Å². The number of rotatable bonds is 5. The van der Waals surface area contributed by atoms with Crippen molar-refractivity contribution in [3.05, 3.63) is 65.2 Å². The molecule has 0 bridgehead atoms. The standard InChI is InChI=1S/C18H15NO3/c1-2-22-17-11-13(8-9-16(17)20)10-15(12-19)18(21)14-6-4-3-5-7-14/h3-11,20H,2H2,1H3/b15-10+. The first-order chi connectivity index (χ1) is 10.7. The first-order valence-electron chi connectivity index (χ1n) is 6.83. The van der Waals surface area contributed by atoms with Crippen LogP contribution in [0.15, 0.2) is 54.1 Å². The summed E-state index contributed by atoms with van der Waals surface area (Å²) in [4.78, 5) is 12.3. The fraction of sp³-hybridized carbons (Fsp3) is 0.111. The number of ketones is 1. The van der Waals surface area contributed by atoms with Gasteiger partial charge in [0.15, 0.2) is 11.5 Å². The molecule has 2 rings (SSSR count). The van der Waals surface area contributed by atoms with Crippen molar-refractivity contribution in [3.8, 4) is 17.6 Å². The van der Waals surface area contributed by atoms with E-state index in [0.717, 1.165) is 0 Å². The molecule has 0 aliphatic heterocycles. The molecule has 1 N–H and O–H groups in total. The second-order valence-electron chi connectivity index (χ2n) is 4.53. The van der Waals surface area contributed by atoms with Crippen molar-refractivity contribution in [1.82, 2.24) is 0 Å². The van der Waals surface area contributed by atoms with Crippen LogP contribution in [-0.4, -0.2) is 17.5 Å². The smallest absolute Gasteiger partial charge is 0.203 e. The Morgan fingerprint density at radius 1 is 1.27 bits per heavy atom. The molecule has 0 radical (unpaired) electrons. The third-order valence-electron chi connectivity index (χ3n) is 3.00. The number of nitrogens with zero attached hydrogens (tertiary/aromatic N) is 1. The second-order valence-corrected chi connectivity index (χ2v) is 4.53. The van der Waals surface area contributed by atoms with E-state index in [1.165, 1.54) is 12.1 Å². The highest BCUT2D eigenvalue weighted by Gasteiger charge is 2.12. The summed E-state index contributed by atoms with van der Waals surface area (Å²) in [7, 11) is 0. The van der Waals surface area contributed by atoms with E-state index in [4.69, 9.17) is 4.74 Å². The number of nitriles is 1. The predicted octanol–water partition coefficient (Wildman–Crippen LogP) is 3.58. The van der Waals surface area contributed by atoms with E-state index in [9.17, 15) is 15.2 Å². The number of benzene rings is 2. The molecular weight excluding hydrogens is 278 g/mol. The molecule has 22 heavy (non-hydrogen) atoms. The van der Waals surface area contributed by atoms with E-state index >= 15 is 0 Å². The quantitative estimate of drug-likeness (QED) is 0.519. The number of phenols is 1. The van der Waals surface area contributed by atoms with Crippen LogP contribution in [0.1, 0.15) is 22.8 Å². The average Bonchev–Trinajstić information content (AvgIpc) is 2.56. The van der Waals surface area contributed by atoms with Crippen LogP contribution >= 0.6 is 0 Å². The van der Waals surface area contributed by atoms with Crippen LogP contribution in [0.3, 0.4) is 0 Å². The maximum absolute atomic E-state index is 12.3. The minimum Gasteiger partial charge on any atom is -0.504 e. The Morgan fingerprint density at radius 2 is 2.00 bits per heavy atom. The van der Waals surface area contributed by atoms with Crippen LogP contribution < -0.4 is 4.74 Å². The van der Waals surface area contributed by atoms with Crippen LogP contribution in [0.25, 0.3) is 6.08 Å². The summed E-state index contributed by atoms with van der Waals surface area (Å²) in [6.07, 6.45) is 1.48. The first kappa shape index (κ1) is 15.3. The Morgan fingerprint density at radius 3 is 2.64 bits per heavy atom. The highest BCUT2D eigenvalue weighted by atomic mass is 16.5. The van der Waals surface area contributed by atoms with Crippen molar-refractivity contribution in [1.29, 1.82) is 5.26 Å². The highest BCUT2D eigenvalue weighted by Crippen LogP contribution is 2.28. The van der Waals surface area contributed by atoms with Gasteiger partial charge in [0.2, 0.25) is 5.78 Å². The zero-order valence-corrected chi connectivity index (χ0v) is 12.1. The molecule has 0 saturated heterocycles. The van der Waals surface area contributed by atoms with Gasteiger partial charge in [-0.2, -0.15) is 5.26 Å². The van der Waals surface area contributed by atoms with E-state index < -0.39 is 0 Å². The van der Waals surface area contributed by atoms with Crippen LogP contribution in [0, 0.1) is 11.3 Å². The summed E-state index contributed by atoms with van der Waals surface area (Å²) in [5, 5.41) is 18.9. The number of ether oxygens (including phenoxy) is 1. The highest BCUT2D eigenvalue weighted by molar-refractivity contribution is 6.14. The lowest BCUT2D eigenvalue weighted by Gasteiger charge is -2.06. The van der Waals surface area contributed by atoms with E-state index in [-0.39, 0.29) is 17.1 Å². The molecular formula is C18H15NO3. The fourth-order valence-electron chi connectivity index (χ4n) is 1.95. The third kappa shape index (κ3) is 3.53. The van der Waals surface area contributed by atoms with Gasteiger partial charge in [0.1, 0.15) is 11.6 Å². The van der Waals surface area contributed by atoms with Crippen molar-refractivity contribution in [3.63, 3.8) is 0 Å². The molecule has 0 saturated carbocycles. The van der Waals surface area contributed by atoms with Crippen LogP contribution in [-0.2, 0) is 0 Å². The fourth-order valence-corrected chi connectivity index (χ4v) is 1.95. The summed E-state index contributed by atoms with van der Waals surface area (Å²) in [5.74, 6) is 0.00160. The molecule has 2 aromatic rings. The number of hydrogen-bond donors (Lipinski definition) is 1. The van der Waals surface area contributed by atoms with Gasteiger partial charge in [-0.3, -0.25) is 4.79 Å². The maximum atomic E-state index is 12.3. The lowest BCUT2D eigenvalue weighted by molar-refractivity contribution is 0.104. The molecule has 0 atom stereocenters. The minimum absolute atomic E-state index is 0.0203. The number of hydrogen-bond acceptors (Lipinski definition) is 4. The molecule has 0 unspecified atom stereocenters. The Balaban J connectivity index is 2.35. The lowest BCUT2D eigenvalue weighted by atomic mass is 10.0. The molecule has 110 valence electrons. The largest absolute Gasteiger partial charge is 0.504 e. The van der Waals surface area contributed by atoms with Crippen molar-refractivity contribution in [2.24, 2.45) is 0 Å².